The van der Waals surface area contributed by atoms with Crippen LogP contribution < -0.4 is 10.3 Å². The number of hydrogen-bond acceptors (Lipinski definition) is 6. The van der Waals surface area contributed by atoms with E-state index in [-0.39, 0.29) is 29.8 Å². The number of rotatable bonds is 8. The fraction of sp³-hybridized carbons (Fsp3) is 0.350. The van der Waals surface area contributed by atoms with Gasteiger partial charge in [-0.3, -0.25) is 14.2 Å². The van der Waals surface area contributed by atoms with Crippen LogP contribution in [0.1, 0.15) is 33.5 Å². The van der Waals surface area contributed by atoms with Crippen LogP contribution in [-0.4, -0.2) is 35.8 Å². The molecule has 7 heteroatoms. The summed E-state index contributed by atoms with van der Waals surface area (Å²) in [4.78, 5) is 25.1. The number of carbonyl (C=O) groups excluding carboxylic acids is 1. The van der Waals surface area contributed by atoms with Gasteiger partial charge in [0.2, 0.25) is 11.7 Å². The molecule has 0 unspecified atom stereocenters. The Balaban J connectivity index is 2.34. The minimum Gasteiger partial charge on any atom is -0.494 e. The molecule has 1 aromatic carbocycles. The Kier molecular flexibility index (Phi) is 6.74. The Labute approximate surface area is 157 Å². The molecule has 7 nitrogen and oxygen atoms in total. The monoisotopic (exact) mass is 370 g/mol. The average Bonchev–Trinajstić information content (AvgIpc) is 2.64. The number of hydrogen-bond donors (Lipinski definition) is 1. The first-order chi connectivity index (χ1) is 12.9. The third kappa shape index (κ3) is 4.54. The molecule has 0 amide bonds. The van der Waals surface area contributed by atoms with Crippen LogP contribution in [0.5, 0.6) is 11.6 Å². The second kappa shape index (κ2) is 9.01. The number of benzene rings is 1. The lowest BCUT2D eigenvalue weighted by molar-refractivity contribution is 0.0916. The number of carbonyl (C=O) groups is 1. The summed E-state index contributed by atoms with van der Waals surface area (Å²) in [5, 5.41) is 19.8. The van der Waals surface area contributed by atoms with Crippen LogP contribution in [0.2, 0.25) is 0 Å². The molecule has 0 aliphatic carbocycles. The maximum absolute atomic E-state index is 12.7. The molecule has 2 aromatic rings. The van der Waals surface area contributed by atoms with Gasteiger partial charge < -0.3 is 14.6 Å². The topological polar surface area (TPSA) is 102 Å². The zero-order valence-corrected chi connectivity index (χ0v) is 15.6. The highest BCUT2D eigenvalue weighted by Crippen LogP contribution is 2.23. The van der Waals surface area contributed by atoms with Crippen molar-refractivity contribution < 1.29 is 19.4 Å². The van der Waals surface area contributed by atoms with Gasteiger partial charge in [-0.15, -0.1) is 0 Å². The highest BCUT2D eigenvalue weighted by Gasteiger charge is 2.24. The fourth-order valence-corrected chi connectivity index (χ4v) is 2.71. The van der Waals surface area contributed by atoms with Crippen molar-refractivity contribution in [1.29, 1.82) is 5.26 Å². The van der Waals surface area contributed by atoms with Crippen LogP contribution in [0, 0.1) is 25.2 Å². The number of aromatic nitrogens is 1. The van der Waals surface area contributed by atoms with Crippen molar-refractivity contribution in [2.75, 3.05) is 20.3 Å². The summed E-state index contributed by atoms with van der Waals surface area (Å²) in [5.41, 5.74) is 0.351. The van der Waals surface area contributed by atoms with E-state index < -0.39 is 17.2 Å². The summed E-state index contributed by atoms with van der Waals surface area (Å²) in [7, 11) is 1.52. The third-order valence-corrected chi connectivity index (χ3v) is 4.20. The fourth-order valence-electron chi connectivity index (χ4n) is 2.71. The largest absolute Gasteiger partial charge is 0.494 e. The smallest absolute Gasteiger partial charge is 0.271 e. The molecule has 0 radical (unpaired) electrons. The average molecular weight is 370 g/mol. The molecule has 0 atom stereocenters. The minimum absolute atomic E-state index is 0.0734. The molecule has 1 N–H and O–H groups in total. The lowest BCUT2D eigenvalue weighted by Crippen LogP contribution is -2.28. The second-order valence-electron chi connectivity index (χ2n) is 6.14. The molecule has 27 heavy (non-hydrogen) atoms. The van der Waals surface area contributed by atoms with Crippen molar-refractivity contribution in [3.05, 3.63) is 56.9 Å². The molecule has 142 valence electrons. The number of pyridine rings is 1. The van der Waals surface area contributed by atoms with Crippen LogP contribution >= 0.6 is 0 Å². The van der Waals surface area contributed by atoms with E-state index in [0.717, 1.165) is 10.1 Å². The lowest BCUT2D eigenvalue weighted by Gasteiger charge is -2.15. The SMILES string of the molecule is COCCCn1c(O)c(C(=O)COc2ccc(C)cc2)c(C)c(C#N)c1=O. The molecular formula is C20H22N2O5. The number of ketones is 1. The molecule has 1 aromatic heterocycles. The summed E-state index contributed by atoms with van der Waals surface area (Å²) in [6, 6.07) is 9.01. The highest BCUT2D eigenvalue weighted by atomic mass is 16.5. The predicted octanol–water partition coefficient (Wildman–Crippen LogP) is 2.34. The molecule has 1 heterocycles. The van der Waals surface area contributed by atoms with Crippen molar-refractivity contribution in [2.24, 2.45) is 0 Å². The number of aromatic hydroxyl groups is 1. The van der Waals surface area contributed by atoms with Gasteiger partial charge in [0.15, 0.2) is 6.61 Å². The molecule has 0 fully saturated rings. The summed E-state index contributed by atoms with van der Waals surface area (Å²) >= 11 is 0. The molecule has 0 saturated heterocycles. The summed E-state index contributed by atoms with van der Waals surface area (Å²) in [6.07, 6.45) is 0.450. The normalized spacial score (nSPS) is 10.4. The molecular weight excluding hydrogens is 348 g/mol. The third-order valence-electron chi connectivity index (χ3n) is 4.20. The molecule has 0 spiro atoms. The highest BCUT2D eigenvalue weighted by molar-refractivity contribution is 6.01. The van der Waals surface area contributed by atoms with Gasteiger partial charge in [-0.05, 0) is 38.0 Å². The van der Waals surface area contributed by atoms with E-state index in [1.54, 1.807) is 12.1 Å². The second-order valence-corrected chi connectivity index (χ2v) is 6.14. The zero-order chi connectivity index (χ0) is 20.0. The Bertz CT molecular complexity index is 923. The van der Waals surface area contributed by atoms with Crippen LogP contribution in [0.3, 0.4) is 0 Å². The Hall–Kier alpha value is -3.11. The first-order valence-corrected chi connectivity index (χ1v) is 8.48. The molecule has 0 aliphatic rings. The number of methoxy groups -OCH3 is 1. The van der Waals surface area contributed by atoms with Crippen molar-refractivity contribution in [3.63, 3.8) is 0 Å². The van der Waals surface area contributed by atoms with Gasteiger partial charge in [-0.25, -0.2) is 0 Å². The maximum atomic E-state index is 12.7. The molecule has 2 rings (SSSR count). The molecule has 0 saturated carbocycles. The van der Waals surface area contributed by atoms with E-state index in [9.17, 15) is 20.0 Å². The van der Waals surface area contributed by atoms with Crippen molar-refractivity contribution >= 4 is 5.78 Å². The van der Waals surface area contributed by atoms with E-state index >= 15 is 0 Å². The van der Waals surface area contributed by atoms with E-state index in [4.69, 9.17) is 9.47 Å². The number of nitrogens with zero attached hydrogens (tertiary/aromatic N) is 2. The van der Waals surface area contributed by atoms with Gasteiger partial charge in [0.05, 0.1) is 5.56 Å². The minimum atomic E-state index is -0.625. The van der Waals surface area contributed by atoms with Gasteiger partial charge in [-0.1, -0.05) is 17.7 Å². The molecule has 0 aliphatic heterocycles. The number of ether oxygens (including phenoxy) is 2. The van der Waals surface area contributed by atoms with Crippen molar-refractivity contribution in [2.45, 2.75) is 26.8 Å². The van der Waals surface area contributed by atoms with E-state index in [1.807, 2.05) is 25.1 Å². The van der Waals surface area contributed by atoms with Crippen LogP contribution in [0.15, 0.2) is 29.1 Å². The van der Waals surface area contributed by atoms with Crippen LogP contribution in [0.4, 0.5) is 0 Å². The number of Topliss-reactive ketones (excluding diaryl/α,β-unsaturated/α-hetero) is 1. The van der Waals surface area contributed by atoms with Crippen molar-refractivity contribution in [1.82, 2.24) is 4.57 Å². The van der Waals surface area contributed by atoms with Gasteiger partial charge in [-0.2, -0.15) is 5.26 Å². The summed E-state index contributed by atoms with van der Waals surface area (Å²) < 4.78 is 11.5. The maximum Gasteiger partial charge on any atom is 0.271 e. The Morgan fingerprint density at radius 2 is 1.93 bits per heavy atom. The van der Waals surface area contributed by atoms with Crippen molar-refractivity contribution in [3.8, 4) is 17.7 Å². The van der Waals surface area contributed by atoms with E-state index in [1.165, 1.54) is 14.0 Å². The van der Waals surface area contributed by atoms with E-state index in [0.29, 0.717) is 18.8 Å². The number of nitriles is 1. The first-order valence-electron chi connectivity index (χ1n) is 8.48. The van der Waals surface area contributed by atoms with Gasteiger partial charge >= 0.3 is 0 Å². The van der Waals surface area contributed by atoms with Gasteiger partial charge in [0.25, 0.3) is 5.56 Å². The quantitative estimate of drug-likeness (QED) is 0.565. The van der Waals surface area contributed by atoms with Gasteiger partial charge in [0, 0.05) is 20.3 Å². The van der Waals surface area contributed by atoms with Gasteiger partial charge in [0.1, 0.15) is 17.4 Å². The summed E-state index contributed by atoms with van der Waals surface area (Å²) in [5.74, 6) is -0.451. The zero-order valence-electron chi connectivity index (χ0n) is 15.6. The van der Waals surface area contributed by atoms with Crippen LogP contribution in [0.25, 0.3) is 0 Å². The summed E-state index contributed by atoms with van der Waals surface area (Å²) in [6.45, 7) is 3.59. The standard InChI is InChI=1S/C20H22N2O5/c1-13-5-7-15(8-6-13)27-12-17(23)18-14(2)16(11-21)19(24)22(20(18)25)9-4-10-26-3/h5-8,25H,4,9-10,12H2,1-3H3. The van der Waals surface area contributed by atoms with Crippen LogP contribution in [-0.2, 0) is 11.3 Å². The lowest BCUT2D eigenvalue weighted by atomic mass is 10.0. The Morgan fingerprint density at radius 1 is 1.26 bits per heavy atom. The molecule has 0 bridgehead atoms. The first kappa shape index (κ1) is 20.2. The number of aryl methyl sites for hydroxylation is 1. The van der Waals surface area contributed by atoms with E-state index in [2.05, 4.69) is 0 Å². The predicted molar refractivity (Wildman–Crippen MR) is 99.3 cm³/mol. The Morgan fingerprint density at radius 3 is 2.52 bits per heavy atom.